The van der Waals surface area contributed by atoms with Crippen molar-refractivity contribution in [1.29, 1.82) is 0 Å². The van der Waals surface area contributed by atoms with Crippen molar-refractivity contribution < 1.29 is 24.2 Å². The molecule has 3 aliphatic rings. The molecule has 2 aliphatic heterocycles. The van der Waals surface area contributed by atoms with Crippen molar-refractivity contribution in [3.05, 3.63) is 94.7 Å². The van der Waals surface area contributed by atoms with E-state index in [2.05, 4.69) is 37.1 Å². The minimum atomic E-state index is -1.05. The number of hydrogen-bond acceptors (Lipinski definition) is 6. The van der Waals surface area contributed by atoms with Gasteiger partial charge in [0.15, 0.2) is 0 Å². The Morgan fingerprint density at radius 3 is 2.39 bits per heavy atom. The number of aromatic nitrogens is 1. The number of carboxylic acids is 1. The third kappa shape index (κ3) is 5.73. The Morgan fingerprint density at radius 2 is 1.75 bits per heavy atom. The summed E-state index contributed by atoms with van der Waals surface area (Å²) >= 11 is 0. The van der Waals surface area contributed by atoms with Crippen LogP contribution in [0.4, 0.5) is 0 Å². The maximum absolute atomic E-state index is 14.5. The molecule has 5 atom stereocenters. The summed E-state index contributed by atoms with van der Waals surface area (Å²) in [5.41, 5.74) is 4.71. The Bertz CT molecular complexity index is 1500. The zero-order valence-corrected chi connectivity index (χ0v) is 26.0. The number of ether oxygens (including phenoxy) is 2. The van der Waals surface area contributed by atoms with Gasteiger partial charge < -0.3 is 24.8 Å². The van der Waals surface area contributed by atoms with Crippen LogP contribution in [0.15, 0.2) is 66.9 Å². The third-order valence-electron chi connectivity index (χ3n) is 9.80. The third-order valence-corrected chi connectivity index (χ3v) is 9.80. The molecule has 2 fully saturated rings. The molecule has 2 N–H and O–H groups in total. The number of aliphatic carboxylic acids is 1. The van der Waals surface area contributed by atoms with Gasteiger partial charge in [-0.2, -0.15) is 0 Å². The first kappa shape index (κ1) is 30.3. The largest absolute Gasteiger partial charge is 0.481 e. The number of benzene rings is 2. The van der Waals surface area contributed by atoms with Crippen molar-refractivity contribution in [3.63, 3.8) is 0 Å². The first-order chi connectivity index (χ1) is 21.2. The lowest BCUT2D eigenvalue weighted by molar-refractivity contribution is -0.159. The van der Waals surface area contributed by atoms with E-state index in [0.29, 0.717) is 31.4 Å². The average Bonchev–Trinajstić information content (AvgIpc) is 3.35. The number of fused-ring (bicyclic) bond motifs is 1. The van der Waals surface area contributed by atoms with Gasteiger partial charge in [-0.05, 0) is 52.5 Å². The summed E-state index contributed by atoms with van der Waals surface area (Å²) in [5, 5.41) is 14.6. The first-order valence-corrected chi connectivity index (χ1v) is 15.7. The highest BCUT2D eigenvalue weighted by atomic mass is 16.5. The fourth-order valence-electron chi connectivity index (χ4n) is 7.42. The van der Waals surface area contributed by atoms with Gasteiger partial charge >= 0.3 is 5.97 Å². The van der Waals surface area contributed by atoms with Crippen molar-refractivity contribution in [1.82, 2.24) is 15.2 Å². The van der Waals surface area contributed by atoms with Crippen LogP contribution in [-0.2, 0) is 33.9 Å². The zero-order valence-electron chi connectivity index (χ0n) is 26.0. The predicted molar refractivity (Wildman–Crippen MR) is 167 cm³/mol. The molecule has 0 spiro atoms. The Kier molecular flexibility index (Phi) is 8.49. The van der Waals surface area contributed by atoms with E-state index in [9.17, 15) is 14.7 Å². The number of hydrogen-bond donors (Lipinski definition) is 2. The van der Waals surface area contributed by atoms with Gasteiger partial charge in [0.1, 0.15) is 12.1 Å². The van der Waals surface area contributed by atoms with E-state index in [-0.39, 0.29) is 11.9 Å². The number of amides is 1. The number of carbonyl (C=O) groups is 2. The first-order valence-electron chi connectivity index (χ1n) is 15.7. The van der Waals surface area contributed by atoms with Crippen LogP contribution >= 0.6 is 0 Å². The molecule has 44 heavy (non-hydrogen) atoms. The molecule has 8 nitrogen and oxygen atoms in total. The van der Waals surface area contributed by atoms with Crippen molar-refractivity contribution in [3.8, 4) is 5.88 Å². The monoisotopic (exact) mass is 597 g/mol. The van der Waals surface area contributed by atoms with E-state index in [1.165, 1.54) is 12.0 Å². The van der Waals surface area contributed by atoms with E-state index in [1.54, 1.807) is 12.0 Å². The zero-order chi connectivity index (χ0) is 31.0. The van der Waals surface area contributed by atoms with Crippen molar-refractivity contribution in [2.45, 2.75) is 89.8 Å². The highest BCUT2D eigenvalue weighted by Gasteiger charge is 2.58. The van der Waals surface area contributed by atoms with Crippen LogP contribution in [0.1, 0.15) is 79.8 Å². The van der Waals surface area contributed by atoms with E-state index in [4.69, 9.17) is 9.47 Å². The Hall–Kier alpha value is -3.75. The maximum Gasteiger partial charge on any atom is 0.326 e. The SMILES string of the molecule is COc1ncc(C2CCC2)cc1CN[C@H]1[C@H](C(C)(C)C)[C@@H](C(=O)O)N(C(=O)C2Cc3ccccc3CO2)[C@H]1c1ccccc1. The minimum Gasteiger partial charge on any atom is -0.481 e. The van der Waals surface area contributed by atoms with Gasteiger partial charge in [-0.3, -0.25) is 4.79 Å². The summed E-state index contributed by atoms with van der Waals surface area (Å²) in [7, 11) is 1.62. The lowest BCUT2D eigenvalue weighted by Gasteiger charge is -2.36. The molecule has 6 rings (SSSR count). The van der Waals surface area contributed by atoms with Crippen molar-refractivity contribution in [2.24, 2.45) is 11.3 Å². The Balaban J connectivity index is 1.39. The van der Waals surface area contributed by atoms with Gasteiger partial charge in [0.2, 0.25) is 5.88 Å². The summed E-state index contributed by atoms with van der Waals surface area (Å²) in [5.74, 6) is -0.627. The van der Waals surface area contributed by atoms with Crippen LogP contribution in [0.2, 0.25) is 0 Å². The highest BCUT2D eigenvalue weighted by molar-refractivity contribution is 5.88. The lowest BCUT2D eigenvalue weighted by atomic mass is 9.72. The van der Waals surface area contributed by atoms with Crippen LogP contribution in [0.25, 0.3) is 0 Å². The number of methoxy groups -OCH3 is 1. The molecule has 0 radical (unpaired) electrons. The molecule has 3 aromatic rings. The second kappa shape index (κ2) is 12.3. The molecule has 3 heterocycles. The van der Waals surface area contributed by atoms with E-state index >= 15 is 0 Å². The molecule has 8 heteroatoms. The van der Waals surface area contributed by atoms with E-state index < -0.39 is 35.5 Å². The van der Waals surface area contributed by atoms with E-state index in [0.717, 1.165) is 35.1 Å². The molecule has 1 amide bonds. The molecule has 1 saturated heterocycles. The summed E-state index contributed by atoms with van der Waals surface area (Å²) in [4.78, 5) is 34.0. The number of nitrogens with one attached hydrogen (secondary N) is 1. The molecule has 1 aromatic heterocycles. The Morgan fingerprint density at radius 1 is 1.05 bits per heavy atom. The predicted octanol–water partition coefficient (Wildman–Crippen LogP) is 5.66. The van der Waals surface area contributed by atoms with Crippen LogP contribution < -0.4 is 10.1 Å². The number of pyridine rings is 1. The number of carboxylic acid groups (broad SMARTS) is 1. The average molecular weight is 598 g/mol. The van der Waals surface area contributed by atoms with Crippen molar-refractivity contribution >= 4 is 11.9 Å². The second-order valence-electron chi connectivity index (χ2n) is 13.5. The second-order valence-corrected chi connectivity index (χ2v) is 13.5. The summed E-state index contributed by atoms with van der Waals surface area (Å²) < 4.78 is 11.8. The van der Waals surface area contributed by atoms with Gasteiger partial charge in [0.05, 0.1) is 19.8 Å². The molecular formula is C36H43N3O5. The molecule has 1 saturated carbocycles. The fraction of sp³-hybridized carbons (Fsp3) is 0.472. The van der Waals surface area contributed by atoms with Gasteiger partial charge in [-0.25, -0.2) is 9.78 Å². The lowest BCUT2D eigenvalue weighted by Crippen LogP contribution is -2.51. The molecule has 1 aliphatic carbocycles. The standard InChI is InChI=1S/C36H43N3O5/c1-36(2,3)29-30(37-20-27-17-26(22-15-10-16-22)19-38-33(27)43-4)31(23-11-6-5-7-12-23)39(32(29)35(41)42)34(40)28-18-24-13-8-9-14-25(24)21-44-28/h5-9,11-14,17,19,22,28-32,37H,10,15-16,18,20-21H2,1-4H3,(H,41,42)/t28?,29-,30-,31-,32-/m0/s1. The minimum absolute atomic E-state index is 0.287. The molecule has 2 aromatic carbocycles. The molecule has 232 valence electrons. The smallest absolute Gasteiger partial charge is 0.326 e. The summed E-state index contributed by atoms with van der Waals surface area (Å²) in [6.45, 7) is 6.93. The van der Waals surface area contributed by atoms with E-state index in [1.807, 2.05) is 60.8 Å². The number of nitrogens with zero attached hydrogens (tertiary/aromatic N) is 2. The van der Waals surface area contributed by atoms with Crippen LogP contribution in [-0.4, -0.2) is 52.2 Å². The van der Waals surface area contributed by atoms with Crippen molar-refractivity contribution in [2.75, 3.05) is 7.11 Å². The Labute approximate surface area is 259 Å². The topological polar surface area (TPSA) is 101 Å². The normalized spacial score (nSPS) is 25.3. The summed E-state index contributed by atoms with van der Waals surface area (Å²) in [6.07, 6.45) is 5.12. The van der Waals surface area contributed by atoms with Gasteiger partial charge in [-0.15, -0.1) is 0 Å². The van der Waals surface area contributed by atoms with Gasteiger partial charge in [0, 0.05) is 36.7 Å². The van der Waals surface area contributed by atoms with Crippen LogP contribution in [0, 0.1) is 11.3 Å². The fourth-order valence-corrected chi connectivity index (χ4v) is 7.42. The quantitative estimate of drug-likeness (QED) is 0.346. The summed E-state index contributed by atoms with van der Waals surface area (Å²) in [6, 6.07) is 18.0. The number of likely N-dealkylation sites (tertiary alicyclic amines) is 1. The van der Waals surface area contributed by atoms with Crippen LogP contribution in [0.3, 0.4) is 0 Å². The highest BCUT2D eigenvalue weighted by Crippen LogP contribution is 2.49. The molecule has 0 bridgehead atoms. The van der Waals surface area contributed by atoms with Gasteiger partial charge in [-0.1, -0.05) is 81.8 Å². The number of rotatable bonds is 8. The number of carbonyl (C=O) groups excluding carboxylic acids is 1. The molecule has 1 unspecified atom stereocenters. The van der Waals surface area contributed by atoms with Crippen LogP contribution in [0.5, 0.6) is 5.88 Å². The molecular weight excluding hydrogens is 554 g/mol. The van der Waals surface area contributed by atoms with Gasteiger partial charge in [0.25, 0.3) is 5.91 Å². The maximum atomic E-state index is 14.5.